The van der Waals surface area contributed by atoms with Gasteiger partial charge in [-0.25, -0.2) is 4.98 Å². The fourth-order valence-electron chi connectivity index (χ4n) is 5.98. The van der Waals surface area contributed by atoms with Crippen LogP contribution in [0.1, 0.15) is 79.0 Å². The number of aromatic nitrogens is 3. The van der Waals surface area contributed by atoms with E-state index in [0.717, 1.165) is 87.3 Å². The highest BCUT2D eigenvalue weighted by Gasteiger charge is 2.25. The van der Waals surface area contributed by atoms with Crippen molar-refractivity contribution >= 4 is 16.9 Å². The lowest BCUT2D eigenvalue weighted by atomic mass is 9.95. The third kappa shape index (κ3) is 6.45. The van der Waals surface area contributed by atoms with Crippen LogP contribution in [-0.4, -0.2) is 51.8 Å². The van der Waals surface area contributed by atoms with E-state index in [1.807, 2.05) is 36.7 Å². The average Bonchev–Trinajstić information content (AvgIpc) is 3.69. The lowest BCUT2D eigenvalue weighted by Gasteiger charge is -2.18. The number of allylic oxidation sites excluding steroid dienone is 7. The van der Waals surface area contributed by atoms with Crippen LogP contribution in [0.5, 0.6) is 0 Å². The van der Waals surface area contributed by atoms with Gasteiger partial charge < -0.3 is 20.9 Å². The van der Waals surface area contributed by atoms with Gasteiger partial charge in [-0.15, -0.1) is 0 Å². The highest BCUT2D eigenvalue weighted by molar-refractivity contribution is 6.12. The molecule has 3 aromatic rings. The molecule has 0 radical (unpaired) electrons. The summed E-state index contributed by atoms with van der Waals surface area (Å²) in [4.78, 5) is 15.5. The van der Waals surface area contributed by atoms with E-state index in [2.05, 4.69) is 77.5 Å². The molecular weight excluding hydrogens is 546 g/mol. The smallest absolute Gasteiger partial charge is 0.132 e. The first-order chi connectivity index (χ1) is 21.5. The van der Waals surface area contributed by atoms with Gasteiger partial charge in [-0.05, 0) is 87.3 Å². The molecule has 3 aliphatic rings. The van der Waals surface area contributed by atoms with E-state index < -0.39 is 0 Å². The second kappa shape index (κ2) is 13.3. The van der Waals surface area contributed by atoms with Gasteiger partial charge in [-0.3, -0.25) is 9.88 Å². The summed E-state index contributed by atoms with van der Waals surface area (Å²) in [5.41, 5.74) is 20.3. The summed E-state index contributed by atoms with van der Waals surface area (Å²) in [6.07, 6.45) is 18.3. The summed E-state index contributed by atoms with van der Waals surface area (Å²) >= 11 is 0. The largest absolute Gasteiger partial charge is 0.492 e. The first kappa shape index (κ1) is 29.4. The number of hydrogen-bond donors (Lipinski definition) is 3. The molecule has 1 atom stereocenters. The van der Waals surface area contributed by atoms with Crippen LogP contribution >= 0.6 is 0 Å². The maximum Gasteiger partial charge on any atom is 0.132 e. The number of nitrogens with one attached hydrogen (secondary N) is 2. The zero-order valence-electron chi connectivity index (χ0n) is 25.8. The van der Waals surface area contributed by atoms with Crippen LogP contribution in [0.3, 0.4) is 0 Å². The number of nitrogens with two attached hydrogens (primary N) is 1. The maximum absolute atomic E-state index is 6.25. The summed E-state index contributed by atoms with van der Waals surface area (Å²) < 4.78 is 6.25. The van der Waals surface area contributed by atoms with Gasteiger partial charge in [0.1, 0.15) is 18.1 Å². The van der Waals surface area contributed by atoms with Crippen molar-refractivity contribution in [2.75, 3.05) is 26.2 Å². The Morgan fingerprint density at radius 2 is 1.93 bits per heavy atom. The minimum absolute atomic E-state index is 0.209. The quantitative estimate of drug-likeness (QED) is 0.209. The maximum atomic E-state index is 6.25. The molecule has 8 nitrogen and oxygen atoms in total. The van der Waals surface area contributed by atoms with Crippen molar-refractivity contribution in [3.63, 3.8) is 0 Å². The molecule has 3 aromatic heterocycles. The third-order valence-corrected chi connectivity index (χ3v) is 8.25. The van der Waals surface area contributed by atoms with Gasteiger partial charge in [-0.2, -0.15) is 5.10 Å². The molecule has 0 amide bonds. The van der Waals surface area contributed by atoms with Crippen molar-refractivity contribution in [3.8, 4) is 0 Å². The Kier molecular flexibility index (Phi) is 8.89. The Hall–Kier alpha value is -4.69. The van der Waals surface area contributed by atoms with Crippen molar-refractivity contribution < 1.29 is 4.74 Å². The van der Waals surface area contributed by atoms with E-state index in [9.17, 15) is 0 Å². The number of H-pyrrole nitrogens is 1. The zero-order chi connectivity index (χ0) is 30.5. The van der Waals surface area contributed by atoms with Gasteiger partial charge >= 0.3 is 0 Å². The summed E-state index contributed by atoms with van der Waals surface area (Å²) in [6.45, 7) is 10.8. The molecule has 4 N–H and O–H groups in total. The first-order valence-electron chi connectivity index (χ1n) is 15.5. The molecular formula is C36H41N7O. The molecule has 1 aliphatic carbocycles. The predicted octanol–water partition coefficient (Wildman–Crippen LogP) is 6.03. The van der Waals surface area contributed by atoms with Crippen LogP contribution in [0, 0.1) is 0 Å². The van der Waals surface area contributed by atoms with Crippen LogP contribution < -0.4 is 11.2 Å². The second-order valence-corrected chi connectivity index (χ2v) is 11.8. The van der Waals surface area contributed by atoms with E-state index in [-0.39, 0.29) is 5.92 Å². The van der Waals surface area contributed by atoms with Crippen LogP contribution in [-0.2, 0) is 11.3 Å². The number of pyridine rings is 2. The Bertz CT molecular complexity index is 1680. The van der Waals surface area contributed by atoms with E-state index in [0.29, 0.717) is 13.2 Å². The molecule has 226 valence electrons. The monoisotopic (exact) mass is 587 g/mol. The summed E-state index contributed by atoms with van der Waals surface area (Å²) in [7, 11) is 0. The fourth-order valence-corrected chi connectivity index (χ4v) is 5.98. The van der Waals surface area contributed by atoms with Crippen molar-refractivity contribution in [1.29, 1.82) is 0 Å². The Morgan fingerprint density at radius 1 is 1.11 bits per heavy atom. The van der Waals surface area contributed by atoms with E-state index in [1.54, 1.807) is 6.20 Å². The van der Waals surface area contributed by atoms with Gasteiger partial charge in [0, 0.05) is 53.5 Å². The molecule has 44 heavy (non-hydrogen) atoms. The number of likely N-dealkylation sites (tertiary alicyclic amines) is 1. The van der Waals surface area contributed by atoms with E-state index >= 15 is 0 Å². The molecule has 8 heteroatoms. The first-order valence-corrected chi connectivity index (χ1v) is 15.5. The molecule has 2 aliphatic heterocycles. The molecule has 0 saturated carbocycles. The van der Waals surface area contributed by atoms with Gasteiger partial charge in [0.25, 0.3) is 0 Å². The number of hydrazone groups is 1. The lowest BCUT2D eigenvalue weighted by Crippen LogP contribution is -2.24. The number of aromatic amines is 1. The van der Waals surface area contributed by atoms with Gasteiger partial charge in [-0.1, -0.05) is 36.8 Å². The number of fused-ring (bicyclic) bond motifs is 2. The summed E-state index contributed by atoms with van der Waals surface area (Å²) in [5, 5.41) is 4.76. The van der Waals surface area contributed by atoms with Crippen LogP contribution in [0.25, 0.3) is 11.1 Å². The SMILES string of the molecule is CC(C)=C/C(=C\C(=C/N)c1ccc2c(n1)C(c1cc3c([nH]1)C(C)C=CC=C3c1ccncc1)=NNC2)OCCN1CCCC1. The predicted molar refractivity (Wildman–Crippen MR) is 178 cm³/mol. The van der Waals surface area contributed by atoms with Crippen LogP contribution in [0.4, 0.5) is 0 Å². The summed E-state index contributed by atoms with van der Waals surface area (Å²) in [6, 6.07) is 10.4. The third-order valence-electron chi connectivity index (χ3n) is 8.25. The number of nitrogens with zero attached hydrogens (tertiary/aromatic N) is 4. The standard InChI is InChI=1S/C36H41N7O/c1-24(2)19-29(44-18-17-43-15-4-5-16-43)20-28(22-37)32-10-9-27-23-39-42-36(35(27)40-32)33-21-31-30(26-11-13-38-14-12-26)8-6-7-25(3)34(31)41-33/h6-14,19-22,25,39,41H,4-5,15-18,23,37H2,1-3H3/b28-22+,29-20+. The summed E-state index contributed by atoms with van der Waals surface area (Å²) in [5.74, 6) is 0.989. The van der Waals surface area contributed by atoms with Crippen molar-refractivity contribution in [2.24, 2.45) is 10.8 Å². The number of rotatable bonds is 9. The minimum atomic E-state index is 0.209. The van der Waals surface area contributed by atoms with Crippen molar-refractivity contribution in [1.82, 2.24) is 25.3 Å². The zero-order valence-corrected chi connectivity index (χ0v) is 25.8. The molecule has 5 heterocycles. The Morgan fingerprint density at radius 3 is 2.70 bits per heavy atom. The van der Waals surface area contributed by atoms with Crippen LogP contribution in [0.2, 0.25) is 0 Å². The van der Waals surface area contributed by atoms with E-state index in [4.69, 9.17) is 20.6 Å². The number of hydrogen-bond acceptors (Lipinski definition) is 7. The average molecular weight is 588 g/mol. The normalized spacial score (nSPS) is 18.5. The van der Waals surface area contributed by atoms with Crippen molar-refractivity contribution in [2.45, 2.75) is 46.1 Å². The highest BCUT2D eigenvalue weighted by Crippen LogP contribution is 2.35. The number of ether oxygens (including phenoxy) is 1. The molecule has 1 unspecified atom stereocenters. The Labute approximate surface area is 259 Å². The molecule has 0 bridgehead atoms. The second-order valence-electron chi connectivity index (χ2n) is 11.8. The van der Waals surface area contributed by atoms with Gasteiger partial charge in [0.15, 0.2) is 0 Å². The van der Waals surface area contributed by atoms with Crippen LogP contribution in [0.15, 0.2) is 95.7 Å². The molecule has 0 aromatic carbocycles. The lowest BCUT2D eigenvalue weighted by molar-refractivity contribution is 0.180. The highest BCUT2D eigenvalue weighted by atomic mass is 16.5. The molecule has 1 saturated heterocycles. The van der Waals surface area contributed by atoms with Gasteiger partial charge in [0.05, 0.1) is 23.6 Å². The molecule has 1 fully saturated rings. The topological polar surface area (TPSA) is 104 Å². The minimum Gasteiger partial charge on any atom is -0.492 e. The van der Waals surface area contributed by atoms with Crippen molar-refractivity contribution in [3.05, 3.63) is 130 Å². The van der Waals surface area contributed by atoms with E-state index in [1.165, 1.54) is 12.8 Å². The Balaban J connectivity index is 1.31. The molecule has 0 spiro atoms. The fraction of sp³-hybridized carbons (Fsp3) is 0.306. The van der Waals surface area contributed by atoms with Gasteiger partial charge in [0.2, 0.25) is 0 Å². The molecule has 6 rings (SSSR count).